The molecule has 2 amide bonds. The van der Waals surface area contributed by atoms with Crippen LogP contribution in [0.4, 0.5) is 5.82 Å². The minimum absolute atomic E-state index is 0. The van der Waals surface area contributed by atoms with Gasteiger partial charge in [-0.05, 0) is 56.1 Å². The molecule has 0 aliphatic carbocycles. The van der Waals surface area contributed by atoms with Gasteiger partial charge < -0.3 is 29.9 Å². The van der Waals surface area contributed by atoms with Crippen LogP contribution in [0.1, 0.15) is 28.7 Å². The summed E-state index contributed by atoms with van der Waals surface area (Å²) in [5.74, 6) is 0.314. The van der Waals surface area contributed by atoms with Crippen LogP contribution in [0.25, 0.3) is 22.3 Å². The summed E-state index contributed by atoms with van der Waals surface area (Å²) in [4.78, 5) is 53.0. The van der Waals surface area contributed by atoms with Gasteiger partial charge in [0.25, 0.3) is 5.91 Å². The van der Waals surface area contributed by atoms with Crippen molar-refractivity contribution in [3.63, 3.8) is 0 Å². The number of aromatic nitrogens is 2. The second-order valence-electron chi connectivity index (χ2n) is 11.1. The lowest BCUT2D eigenvalue weighted by molar-refractivity contribution is -0.163. The number of carbonyl (C=O) groups is 3. The predicted molar refractivity (Wildman–Crippen MR) is 165 cm³/mol. The largest absolute Gasteiger partial charge is 0.507 e. The highest BCUT2D eigenvalue weighted by Gasteiger charge is 2.32. The van der Waals surface area contributed by atoms with Gasteiger partial charge in [-0.3, -0.25) is 14.4 Å². The van der Waals surface area contributed by atoms with E-state index in [0.29, 0.717) is 44.0 Å². The molecule has 3 aromatic rings. The number of aromatic hydroxyl groups is 1. The number of esters is 1. The van der Waals surface area contributed by atoms with Crippen LogP contribution in [0.2, 0.25) is 0 Å². The third-order valence-electron chi connectivity index (χ3n) is 7.22. The Morgan fingerprint density at radius 1 is 1.10 bits per heavy atom. The molecule has 0 bridgehead atoms. The van der Waals surface area contributed by atoms with E-state index in [9.17, 15) is 19.5 Å². The van der Waals surface area contributed by atoms with Crippen LogP contribution >= 0.6 is 0 Å². The number of para-hydroxylation sites is 1. The Balaban J connectivity index is 0.00000337. The molecule has 1 aliphatic rings. The van der Waals surface area contributed by atoms with Crippen LogP contribution in [-0.4, -0.2) is 102 Å². The van der Waals surface area contributed by atoms with E-state index in [4.69, 9.17) is 14.7 Å². The maximum atomic E-state index is 13.5. The zero-order valence-electron chi connectivity index (χ0n) is 25.0. The van der Waals surface area contributed by atoms with E-state index in [-0.39, 0.29) is 39.4 Å². The second kappa shape index (κ2) is 13.6. The maximum absolute atomic E-state index is 13.5. The minimum Gasteiger partial charge on any atom is -0.507 e. The van der Waals surface area contributed by atoms with Gasteiger partial charge in [-0.15, -0.1) is 0 Å². The molecule has 1 fully saturated rings. The van der Waals surface area contributed by atoms with Crippen LogP contribution in [0.15, 0.2) is 42.5 Å². The van der Waals surface area contributed by atoms with Crippen LogP contribution < -0.4 is 10.2 Å². The topological polar surface area (TPSA) is 128 Å². The number of rotatable bonds is 10. The average Bonchev–Trinajstić information content (AvgIpc) is 2.96. The average molecular weight is 581 g/mol. The summed E-state index contributed by atoms with van der Waals surface area (Å²) in [6.45, 7) is 7.73. The second-order valence-corrected chi connectivity index (χ2v) is 11.1. The SMILES string of the molecule is CNCC(=O)N(C)CC(=O)O[C@@H](CC(C)C)C(=O)N1CCN(c2nc(-c3ccccc3O)nc3cc(C)ccc23)CC1.[HH].[HH]. The molecule has 0 spiro atoms. The first kappa shape index (κ1) is 30.7. The van der Waals surface area contributed by atoms with Gasteiger partial charge in [0.15, 0.2) is 11.9 Å². The number of phenols is 1. The number of aryl methyl sites for hydroxylation is 1. The molecule has 2 N–H and O–H groups in total. The van der Waals surface area contributed by atoms with Crippen LogP contribution in [-0.2, 0) is 19.1 Å². The molecule has 1 aliphatic heterocycles. The van der Waals surface area contributed by atoms with Gasteiger partial charge in [-0.1, -0.05) is 32.0 Å². The summed E-state index contributed by atoms with van der Waals surface area (Å²) in [6, 6.07) is 13.0. The number of fused-ring (bicyclic) bond motifs is 1. The summed E-state index contributed by atoms with van der Waals surface area (Å²) in [6.07, 6.45) is -0.536. The molecule has 2 heterocycles. The smallest absolute Gasteiger partial charge is 0.326 e. The van der Waals surface area contributed by atoms with E-state index in [1.54, 1.807) is 30.1 Å². The summed E-state index contributed by atoms with van der Waals surface area (Å²) in [5, 5.41) is 14.1. The first-order chi connectivity index (χ1) is 20.1. The Morgan fingerprint density at radius 2 is 1.81 bits per heavy atom. The van der Waals surface area contributed by atoms with Crippen molar-refractivity contribution in [2.24, 2.45) is 5.92 Å². The summed E-state index contributed by atoms with van der Waals surface area (Å²) in [7, 11) is 3.19. The van der Waals surface area contributed by atoms with Crippen molar-refractivity contribution in [3.8, 4) is 17.1 Å². The number of amides is 2. The van der Waals surface area contributed by atoms with Gasteiger partial charge in [0.05, 0.1) is 17.6 Å². The van der Waals surface area contributed by atoms with Crippen molar-refractivity contribution in [1.82, 2.24) is 25.1 Å². The fourth-order valence-corrected chi connectivity index (χ4v) is 4.98. The van der Waals surface area contributed by atoms with E-state index in [0.717, 1.165) is 22.3 Å². The molecular weight excluding hydrogens is 536 g/mol. The highest BCUT2D eigenvalue weighted by atomic mass is 16.5. The Bertz CT molecular complexity index is 1450. The molecule has 1 aromatic heterocycles. The number of anilines is 1. The van der Waals surface area contributed by atoms with Gasteiger partial charge in [0.2, 0.25) is 5.91 Å². The highest BCUT2D eigenvalue weighted by molar-refractivity contribution is 5.92. The fraction of sp³-hybridized carbons (Fsp3) is 0.452. The van der Waals surface area contributed by atoms with E-state index in [1.807, 2.05) is 45.0 Å². The number of hydrogen-bond donors (Lipinski definition) is 2. The Hall–Kier alpha value is -4.25. The third-order valence-corrected chi connectivity index (χ3v) is 7.22. The maximum Gasteiger partial charge on any atom is 0.326 e. The normalized spacial score (nSPS) is 14.2. The van der Waals surface area contributed by atoms with E-state index in [2.05, 4.69) is 10.2 Å². The molecule has 0 radical (unpaired) electrons. The molecule has 11 nitrogen and oxygen atoms in total. The monoisotopic (exact) mass is 580 g/mol. The summed E-state index contributed by atoms with van der Waals surface area (Å²) < 4.78 is 5.63. The first-order valence-electron chi connectivity index (χ1n) is 14.3. The zero-order chi connectivity index (χ0) is 30.4. The molecule has 0 unspecified atom stereocenters. The molecular formula is C31H44N6O5. The van der Waals surface area contributed by atoms with E-state index >= 15 is 0 Å². The van der Waals surface area contributed by atoms with Gasteiger partial charge in [-0.2, -0.15) is 0 Å². The van der Waals surface area contributed by atoms with Crippen molar-refractivity contribution in [2.45, 2.75) is 33.3 Å². The number of ether oxygens (including phenoxy) is 1. The quantitative estimate of drug-likeness (QED) is 0.348. The van der Waals surface area contributed by atoms with Crippen LogP contribution in [0, 0.1) is 12.8 Å². The van der Waals surface area contributed by atoms with Gasteiger partial charge in [0.1, 0.15) is 18.1 Å². The number of nitrogens with one attached hydrogen (secondary N) is 1. The molecule has 1 atom stereocenters. The fourth-order valence-electron chi connectivity index (χ4n) is 4.98. The lowest BCUT2D eigenvalue weighted by Gasteiger charge is -2.37. The Kier molecular flexibility index (Phi) is 9.95. The number of carbonyl (C=O) groups excluding carboxylic acids is 3. The van der Waals surface area contributed by atoms with Crippen LogP contribution in [0.3, 0.4) is 0 Å². The number of nitrogens with zero attached hydrogens (tertiary/aromatic N) is 5. The number of benzene rings is 2. The van der Waals surface area contributed by atoms with Gasteiger partial charge >= 0.3 is 5.97 Å². The Morgan fingerprint density at radius 3 is 2.48 bits per heavy atom. The zero-order valence-corrected chi connectivity index (χ0v) is 25.0. The third kappa shape index (κ3) is 7.33. The standard InChI is InChI=1S/C31H40N6O5.2H2/c1-20(2)16-26(42-28(40)19-35(5)27(39)18-32-4)31(41)37-14-12-36(13-15-37)30-22-11-10-21(3)17-24(22)33-29(34-30)23-8-6-7-9-25(23)38;;/h6-11,17,20,26,32,38H,12-16,18-19H2,1-5H3;2*1H/t26-;;/m0../s1. The van der Waals surface area contributed by atoms with E-state index < -0.39 is 12.1 Å². The lowest BCUT2D eigenvalue weighted by atomic mass is 10.0. The van der Waals surface area contributed by atoms with Crippen molar-refractivity contribution >= 4 is 34.5 Å². The van der Waals surface area contributed by atoms with Gasteiger partial charge in [0, 0.05) is 41.5 Å². The molecule has 42 heavy (non-hydrogen) atoms. The summed E-state index contributed by atoms with van der Waals surface area (Å²) in [5.41, 5.74) is 2.39. The molecule has 228 valence electrons. The molecule has 4 rings (SSSR count). The molecule has 1 saturated heterocycles. The first-order valence-corrected chi connectivity index (χ1v) is 14.3. The lowest BCUT2D eigenvalue weighted by Crippen LogP contribution is -2.53. The predicted octanol–water partition coefficient (Wildman–Crippen LogP) is 3.09. The molecule has 0 saturated carbocycles. The molecule has 2 aromatic carbocycles. The van der Waals surface area contributed by atoms with Crippen LogP contribution in [0.5, 0.6) is 5.75 Å². The summed E-state index contributed by atoms with van der Waals surface area (Å²) >= 11 is 0. The Labute approximate surface area is 249 Å². The molecule has 11 heteroatoms. The minimum atomic E-state index is -0.924. The number of phenolic OH excluding ortho intramolecular Hbond substituents is 1. The van der Waals surface area contributed by atoms with E-state index in [1.165, 1.54) is 11.9 Å². The van der Waals surface area contributed by atoms with Gasteiger partial charge in [-0.25, -0.2) is 9.97 Å². The number of piperazine rings is 1. The number of likely N-dealkylation sites (N-methyl/N-ethyl adjacent to an activating group) is 2. The van der Waals surface area contributed by atoms with Crippen molar-refractivity contribution in [2.75, 3.05) is 58.3 Å². The number of hydrogen-bond acceptors (Lipinski definition) is 9. The van der Waals surface area contributed by atoms with Crippen molar-refractivity contribution in [3.05, 3.63) is 48.0 Å². The highest BCUT2D eigenvalue weighted by Crippen LogP contribution is 2.32. The van der Waals surface area contributed by atoms with Crippen molar-refractivity contribution < 1.29 is 27.1 Å². The van der Waals surface area contributed by atoms with Crippen molar-refractivity contribution in [1.29, 1.82) is 0 Å².